The van der Waals surface area contributed by atoms with Crippen molar-refractivity contribution in [1.82, 2.24) is 20.2 Å². The number of hydrogen-bond donors (Lipinski definition) is 2. The molecule has 2 aromatic heterocycles. The van der Waals surface area contributed by atoms with Gasteiger partial charge in [0.15, 0.2) is 5.65 Å². The molecule has 0 radical (unpaired) electrons. The molecule has 3 N–H and O–H groups in total. The van der Waals surface area contributed by atoms with Gasteiger partial charge in [-0.2, -0.15) is 15.1 Å². The molecular formula is C12H10ClN5O. The van der Waals surface area contributed by atoms with Gasteiger partial charge < -0.3 is 10.5 Å². The first-order valence-corrected chi connectivity index (χ1v) is 5.92. The lowest BCUT2D eigenvalue weighted by molar-refractivity contribution is 0.466. The van der Waals surface area contributed by atoms with E-state index >= 15 is 0 Å². The monoisotopic (exact) mass is 275 g/mol. The molecule has 0 spiro atoms. The molecule has 0 amide bonds. The quantitative estimate of drug-likeness (QED) is 0.750. The molecule has 0 saturated heterocycles. The number of aromatic amines is 1. The van der Waals surface area contributed by atoms with E-state index in [1.165, 1.54) is 0 Å². The lowest BCUT2D eigenvalue weighted by atomic mass is 10.2. The van der Waals surface area contributed by atoms with Crippen LogP contribution in [-0.4, -0.2) is 20.2 Å². The van der Waals surface area contributed by atoms with Crippen molar-refractivity contribution in [2.24, 2.45) is 0 Å². The molecular weight excluding hydrogens is 266 g/mol. The number of nitrogen functional groups attached to an aromatic ring is 1. The van der Waals surface area contributed by atoms with Crippen LogP contribution >= 0.6 is 11.6 Å². The number of hydrogen-bond acceptors (Lipinski definition) is 5. The molecule has 7 heteroatoms. The number of nitrogens with zero attached hydrogens (tertiary/aromatic N) is 3. The molecule has 1 aromatic carbocycles. The van der Waals surface area contributed by atoms with Gasteiger partial charge in [0.1, 0.15) is 11.1 Å². The number of aryl methyl sites for hydroxylation is 1. The molecule has 0 saturated carbocycles. The van der Waals surface area contributed by atoms with Gasteiger partial charge in [0.25, 0.3) is 0 Å². The molecule has 0 bridgehead atoms. The van der Waals surface area contributed by atoms with Crippen LogP contribution in [0.5, 0.6) is 11.6 Å². The zero-order valence-electron chi connectivity index (χ0n) is 10.0. The highest BCUT2D eigenvalue weighted by Crippen LogP contribution is 2.30. The first-order valence-electron chi connectivity index (χ1n) is 5.54. The summed E-state index contributed by atoms with van der Waals surface area (Å²) in [6.45, 7) is 1.92. The summed E-state index contributed by atoms with van der Waals surface area (Å²) >= 11 is 5.96. The van der Waals surface area contributed by atoms with Crippen molar-refractivity contribution in [1.29, 1.82) is 0 Å². The molecule has 0 aliphatic rings. The van der Waals surface area contributed by atoms with Crippen LogP contribution in [0, 0.1) is 6.92 Å². The van der Waals surface area contributed by atoms with E-state index in [0.717, 1.165) is 5.56 Å². The van der Waals surface area contributed by atoms with Crippen molar-refractivity contribution in [2.45, 2.75) is 6.92 Å². The van der Waals surface area contributed by atoms with Gasteiger partial charge in [-0.1, -0.05) is 17.7 Å². The van der Waals surface area contributed by atoms with Crippen molar-refractivity contribution < 1.29 is 4.74 Å². The van der Waals surface area contributed by atoms with E-state index in [4.69, 9.17) is 22.1 Å². The van der Waals surface area contributed by atoms with Crippen LogP contribution in [0.3, 0.4) is 0 Å². The Bertz CT molecular complexity index is 755. The number of aromatic nitrogens is 4. The highest BCUT2D eigenvalue weighted by molar-refractivity contribution is 6.30. The van der Waals surface area contributed by atoms with Crippen LogP contribution in [0.25, 0.3) is 11.0 Å². The Morgan fingerprint density at radius 2 is 2.16 bits per heavy atom. The first kappa shape index (κ1) is 11.7. The summed E-state index contributed by atoms with van der Waals surface area (Å²) in [4.78, 5) is 8.10. The molecule has 96 valence electrons. The van der Waals surface area contributed by atoms with Gasteiger partial charge in [-0.15, -0.1) is 0 Å². The number of nitrogens with one attached hydrogen (secondary N) is 1. The topological polar surface area (TPSA) is 89.7 Å². The van der Waals surface area contributed by atoms with Crippen molar-refractivity contribution in [3.63, 3.8) is 0 Å². The second-order valence-corrected chi connectivity index (χ2v) is 4.47. The van der Waals surface area contributed by atoms with E-state index in [9.17, 15) is 0 Å². The number of fused-ring (bicyclic) bond motifs is 1. The number of benzene rings is 1. The smallest absolute Gasteiger partial charge is 0.235 e. The summed E-state index contributed by atoms with van der Waals surface area (Å²) in [7, 11) is 0. The van der Waals surface area contributed by atoms with E-state index in [0.29, 0.717) is 27.7 Å². The Balaban J connectivity index is 2.10. The van der Waals surface area contributed by atoms with Crippen LogP contribution in [-0.2, 0) is 0 Å². The van der Waals surface area contributed by atoms with Crippen LogP contribution in [0.1, 0.15) is 5.56 Å². The highest BCUT2D eigenvalue weighted by atomic mass is 35.5. The number of anilines is 1. The Morgan fingerprint density at radius 1 is 1.32 bits per heavy atom. The zero-order valence-corrected chi connectivity index (χ0v) is 10.8. The van der Waals surface area contributed by atoms with Crippen molar-refractivity contribution in [3.8, 4) is 11.6 Å². The van der Waals surface area contributed by atoms with Gasteiger partial charge in [0.2, 0.25) is 11.8 Å². The molecule has 0 atom stereocenters. The summed E-state index contributed by atoms with van der Waals surface area (Å²) in [6, 6.07) is 5.39. The van der Waals surface area contributed by atoms with Crippen LogP contribution in [0.4, 0.5) is 5.95 Å². The number of ether oxygens (including phenoxy) is 1. The summed E-state index contributed by atoms with van der Waals surface area (Å²) in [5.74, 6) is 1.08. The summed E-state index contributed by atoms with van der Waals surface area (Å²) in [5, 5.41) is 7.87. The van der Waals surface area contributed by atoms with E-state index in [-0.39, 0.29) is 5.95 Å². The molecule has 19 heavy (non-hydrogen) atoms. The van der Waals surface area contributed by atoms with Crippen molar-refractivity contribution >= 4 is 28.6 Å². The Kier molecular flexibility index (Phi) is 2.72. The second-order valence-electron chi connectivity index (χ2n) is 4.03. The molecule has 0 fully saturated rings. The van der Waals surface area contributed by atoms with Gasteiger partial charge in [0, 0.05) is 5.02 Å². The second kappa shape index (κ2) is 4.40. The number of rotatable bonds is 2. The molecule has 0 aliphatic carbocycles. The SMILES string of the molecule is Cc1ccc(Cl)cc1Oc1nc(N)nc2[nH]ncc12. The molecule has 0 aliphatic heterocycles. The van der Waals surface area contributed by atoms with Crippen LogP contribution < -0.4 is 10.5 Å². The maximum absolute atomic E-state index is 5.96. The normalized spacial score (nSPS) is 10.8. The highest BCUT2D eigenvalue weighted by Gasteiger charge is 2.11. The lowest BCUT2D eigenvalue weighted by Gasteiger charge is -2.09. The molecule has 6 nitrogen and oxygen atoms in total. The number of halogens is 1. The Labute approximate surface area is 113 Å². The largest absolute Gasteiger partial charge is 0.438 e. The van der Waals surface area contributed by atoms with E-state index < -0.39 is 0 Å². The predicted octanol–water partition coefficient (Wildman–Crippen LogP) is 2.69. The summed E-state index contributed by atoms with van der Waals surface area (Å²) < 4.78 is 5.77. The minimum Gasteiger partial charge on any atom is -0.438 e. The fraction of sp³-hybridized carbons (Fsp3) is 0.0833. The van der Waals surface area contributed by atoms with Crippen LogP contribution in [0.15, 0.2) is 24.4 Å². The fourth-order valence-corrected chi connectivity index (χ4v) is 1.85. The minimum absolute atomic E-state index is 0.117. The average molecular weight is 276 g/mol. The Hall–Kier alpha value is -2.34. The maximum atomic E-state index is 5.96. The number of nitrogens with two attached hydrogens (primary N) is 1. The number of H-pyrrole nitrogens is 1. The predicted molar refractivity (Wildman–Crippen MR) is 72.4 cm³/mol. The van der Waals surface area contributed by atoms with Gasteiger partial charge in [0.05, 0.1) is 6.20 Å². The van der Waals surface area contributed by atoms with Gasteiger partial charge in [-0.3, -0.25) is 5.10 Å². The third kappa shape index (κ3) is 2.17. The zero-order chi connectivity index (χ0) is 13.4. The maximum Gasteiger partial charge on any atom is 0.235 e. The molecule has 3 rings (SSSR count). The first-order chi connectivity index (χ1) is 9.13. The third-order valence-electron chi connectivity index (χ3n) is 2.65. The van der Waals surface area contributed by atoms with Gasteiger partial charge in [-0.25, -0.2) is 0 Å². The summed E-state index contributed by atoms with van der Waals surface area (Å²) in [6.07, 6.45) is 1.59. The van der Waals surface area contributed by atoms with Gasteiger partial charge in [-0.05, 0) is 24.6 Å². The average Bonchev–Trinajstić information content (AvgIpc) is 2.82. The Morgan fingerprint density at radius 3 is 3.00 bits per heavy atom. The standard InChI is InChI=1S/C12H10ClN5O/c1-6-2-3-7(13)4-9(6)19-11-8-5-15-18-10(8)16-12(14)17-11/h2-5H,1H3,(H3,14,15,16,17,18). The van der Waals surface area contributed by atoms with E-state index in [2.05, 4.69) is 20.2 Å². The molecule has 3 aromatic rings. The molecule has 2 heterocycles. The van der Waals surface area contributed by atoms with Gasteiger partial charge >= 0.3 is 0 Å². The van der Waals surface area contributed by atoms with Crippen LogP contribution in [0.2, 0.25) is 5.02 Å². The van der Waals surface area contributed by atoms with Crippen molar-refractivity contribution in [2.75, 3.05) is 5.73 Å². The summed E-state index contributed by atoms with van der Waals surface area (Å²) in [5.41, 5.74) is 7.10. The third-order valence-corrected chi connectivity index (χ3v) is 2.88. The minimum atomic E-state index is 0.117. The van der Waals surface area contributed by atoms with Crippen molar-refractivity contribution in [3.05, 3.63) is 35.0 Å². The van der Waals surface area contributed by atoms with E-state index in [1.807, 2.05) is 13.0 Å². The van der Waals surface area contributed by atoms with E-state index in [1.54, 1.807) is 18.3 Å². The fourth-order valence-electron chi connectivity index (χ4n) is 1.69. The lowest BCUT2D eigenvalue weighted by Crippen LogP contribution is -1.98. The molecule has 0 unspecified atom stereocenters.